The van der Waals surface area contributed by atoms with Crippen LogP contribution in [0.1, 0.15) is 30.6 Å². The van der Waals surface area contributed by atoms with E-state index < -0.39 is 0 Å². The van der Waals surface area contributed by atoms with E-state index in [1.807, 2.05) is 0 Å². The molecule has 0 aliphatic carbocycles. The minimum Gasteiger partial charge on any atom is -0.484 e. The molecule has 0 aliphatic heterocycles. The second kappa shape index (κ2) is 8.62. The van der Waals surface area contributed by atoms with Crippen molar-refractivity contribution in [1.29, 1.82) is 0 Å². The average Bonchev–Trinajstić information content (AvgIpc) is 3.06. The maximum Gasteiger partial charge on any atom is 0.262 e. The molecule has 8 heteroatoms. The second-order valence-electron chi connectivity index (χ2n) is 6.02. The molecule has 7 nitrogen and oxygen atoms in total. The van der Waals surface area contributed by atoms with Crippen LogP contribution in [0.5, 0.6) is 5.75 Å². The summed E-state index contributed by atoms with van der Waals surface area (Å²) in [6.45, 7) is 3.08. The minimum atomic E-state index is -0.306. The summed E-state index contributed by atoms with van der Waals surface area (Å²) in [5.74, 6) is 0.0848. The molecule has 0 saturated heterocycles. The van der Waals surface area contributed by atoms with E-state index in [0.29, 0.717) is 28.6 Å². The molecule has 0 aliphatic rings. The Bertz CT molecular complexity index is 1030. The first-order chi connectivity index (χ1) is 13.4. The van der Waals surface area contributed by atoms with Gasteiger partial charge >= 0.3 is 0 Å². The predicted octanol–water partition coefficient (Wildman–Crippen LogP) is 3.86. The number of benzene rings is 2. The Labute approximate surface area is 165 Å². The van der Waals surface area contributed by atoms with Crippen molar-refractivity contribution in [2.75, 3.05) is 17.2 Å². The van der Waals surface area contributed by atoms with Crippen molar-refractivity contribution in [3.8, 4) is 5.75 Å². The number of hydrogen-bond donors (Lipinski definition) is 2. The summed E-state index contributed by atoms with van der Waals surface area (Å²) in [5, 5.41) is 5.93. The Morgan fingerprint density at radius 1 is 1.07 bits per heavy atom. The topological polar surface area (TPSA) is 97.4 Å². The van der Waals surface area contributed by atoms with Gasteiger partial charge in [-0.15, -0.1) is 0 Å². The molecular formula is C20H19N3O4S. The third-order valence-corrected chi connectivity index (χ3v) is 4.76. The number of carbonyl (C=O) groups is 3. The van der Waals surface area contributed by atoms with E-state index in [1.54, 1.807) is 49.4 Å². The molecule has 1 heterocycles. The molecule has 1 aromatic heterocycles. The summed E-state index contributed by atoms with van der Waals surface area (Å²) < 4.78 is 6.31. The minimum absolute atomic E-state index is 0.0596. The number of ketones is 1. The van der Waals surface area contributed by atoms with Crippen LogP contribution < -0.4 is 15.4 Å². The van der Waals surface area contributed by atoms with Gasteiger partial charge in [-0.25, -0.2) is 4.98 Å². The molecule has 3 rings (SSSR count). The quantitative estimate of drug-likeness (QED) is 0.590. The Kier molecular flexibility index (Phi) is 6.00. The Balaban J connectivity index is 1.58. The van der Waals surface area contributed by atoms with Crippen molar-refractivity contribution in [1.82, 2.24) is 4.98 Å². The van der Waals surface area contributed by atoms with Gasteiger partial charge in [0.25, 0.3) is 5.91 Å². The lowest BCUT2D eigenvalue weighted by molar-refractivity contribution is -0.118. The van der Waals surface area contributed by atoms with Crippen LogP contribution in [0.4, 0.5) is 10.8 Å². The molecule has 2 amide bonds. The highest BCUT2D eigenvalue weighted by atomic mass is 32.1. The van der Waals surface area contributed by atoms with Gasteiger partial charge in [0.2, 0.25) is 5.91 Å². The van der Waals surface area contributed by atoms with Crippen molar-refractivity contribution in [2.45, 2.75) is 20.3 Å². The van der Waals surface area contributed by atoms with Crippen LogP contribution in [-0.2, 0) is 9.59 Å². The highest BCUT2D eigenvalue weighted by Gasteiger charge is 2.09. The maximum absolute atomic E-state index is 12.1. The van der Waals surface area contributed by atoms with E-state index in [1.165, 1.54) is 18.3 Å². The fraction of sp³-hybridized carbons (Fsp3) is 0.200. The smallest absolute Gasteiger partial charge is 0.262 e. The Morgan fingerprint density at radius 2 is 1.82 bits per heavy atom. The van der Waals surface area contributed by atoms with Crippen LogP contribution in [0.2, 0.25) is 0 Å². The number of aromatic nitrogens is 1. The van der Waals surface area contributed by atoms with Crippen molar-refractivity contribution < 1.29 is 19.1 Å². The lowest BCUT2D eigenvalue weighted by Gasteiger charge is -2.08. The van der Waals surface area contributed by atoms with Crippen molar-refractivity contribution in [3.05, 3.63) is 48.0 Å². The van der Waals surface area contributed by atoms with Gasteiger partial charge in [0.1, 0.15) is 5.75 Å². The standard InChI is InChI=1S/C20H19N3O4S/c1-3-17(25)13-4-7-15(8-5-13)27-11-19(26)22-14-6-9-16-18(10-14)28-20(23-16)21-12(2)24/h4-10H,3,11H2,1-2H3,(H,22,26)(H,21,23,24). The number of carbonyl (C=O) groups excluding carboxylic acids is 3. The van der Waals surface area contributed by atoms with Gasteiger partial charge in [-0.3, -0.25) is 14.4 Å². The maximum atomic E-state index is 12.1. The molecule has 144 valence electrons. The summed E-state index contributed by atoms with van der Waals surface area (Å²) in [6.07, 6.45) is 0.443. The van der Waals surface area contributed by atoms with Gasteiger partial charge < -0.3 is 15.4 Å². The average molecular weight is 397 g/mol. The molecule has 28 heavy (non-hydrogen) atoms. The number of Topliss-reactive ketones (excluding diaryl/α,β-unsaturated/α-hetero) is 1. The molecule has 0 spiro atoms. The van der Waals surface area contributed by atoms with Gasteiger partial charge in [-0.1, -0.05) is 18.3 Å². The fourth-order valence-electron chi connectivity index (χ4n) is 2.49. The SMILES string of the molecule is CCC(=O)c1ccc(OCC(=O)Nc2ccc3nc(NC(C)=O)sc3c2)cc1. The van der Waals surface area contributed by atoms with Crippen LogP contribution in [0.3, 0.4) is 0 Å². The van der Waals surface area contributed by atoms with Crippen LogP contribution in [0.25, 0.3) is 10.2 Å². The van der Waals surface area contributed by atoms with E-state index in [4.69, 9.17) is 4.74 Å². The number of anilines is 2. The lowest BCUT2D eigenvalue weighted by atomic mass is 10.1. The van der Waals surface area contributed by atoms with E-state index in [-0.39, 0.29) is 24.2 Å². The van der Waals surface area contributed by atoms with Gasteiger partial charge in [0.15, 0.2) is 17.5 Å². The third-order valence-electron chi connectivity index (χ3n) is 3.82. The monoisotopic (exact) mass is 397 g/mol. The molecular weight excluding hydrogens is 378 g/mol. The summed E-state index contributed by atoms with van der Waals surface area (Å²) in [4.78, 5) is 39.2. The molecule has 0 atom stereocenters. The molecule has 0 fully saturated rings. The molecule has 3 aromatic rings. The Hall–Kier alpha value is -3.26. The number of fused-ring (bicyclic) bond motifs is 1. The van der Waals surface area contributed by atoms with Gasteiger partial charge in [-0.05, 0) is 42.5 Å². The summed E-state index contributed by atoms with van der Waals surface area (Å²) in [7, 11) is 0. The number of rotatable bonds is 7. The first kappa shape index (κ1) is 19.5. The molecule has 2 N–H and O–H groups in total. The van der Waals surface area contributed by atoms with E-state index in [0.717, 1.165) is 10.2 Å². The van der Waals surface area contributed by atoms with Crippen LogP contribution >= 0.6 is 11.3 Å². The normalized spacial score (nSPS) is 10.5. The summed E-state index contributed by atoms with van der Waals surface area (Å²) in [6, 6.07) is 12.0. The lowest BCUT2D eigenvalue weighted by Crippen LogP contribution is -2.20. The number of hydrogen-bond acceptors (Lipinski definition) is 6. The Morgan fingerprint density at radius 3 is 2.50 bits per heavy atom. The number of nitrogens with zero attached hydrogens (tertiary/aromatic N) is 1. The van der Waals surface area contributed by atoms with Crippen LogP contribution in [0, 0.1) is 0 Å². The highest BCUT2D eigenvalue weighted by Crippen LogP contribution is 2.28. The third kappa shape index (κ3) is 4.92. The van der Waals surface area contributed by atoms with E-state index >= 15 is 0 Å². The molecule has 0 saturated carbocycles. The van der Waals surface area contributed by atoms with E-state index in [2.05, 4.69) is 15.6 Å². The van der Waals surface area contributed by atoms with Crippen LogP contribution in [-0.4, -0.2) is 29.2 Å². The van der Waals surface area contributed by atoms with Gasteiger partial charge in [-0.2, -0.15) is 0 Å². The van der Waals surface area contributed by atoms with Crippen molar-refractivity contribution in [2.24, 2.45) is 0 Å². The summed E-state index contributed by atoms with van der Waals surface area (Å²) in [5.41, 5.74) is 1.98. The van der Waals surface area contributed by atoms with Crippen molar-refractivity contribution >= 4 is 50.0 Å². The molecule has 0 unspecified atom stereocenters. The first-order valence-electron chi connectivity index (χ1n) is 8.68. The number of nitrogens with one attached hydrogen (secondary N) is 2. The van der Waals surface area contributed by atoms with Gasteiger partial charge in [0, 0.05) is 24.6 Å². The number of ether oxygens (including phenoxy) is 1. The zero-order chi connectivity index (χ0) is 20.1. The molecule has 0 radical (unpaired) electrons. The van der Waals surface area contributed by atoms with Gasteiger partial charge in [0.05, 0.1) is 10.2 Å². The largest absolute Gasteiger partial charge is 0.484 e. The zero-order valence-electron chi connectivity index (χ0n) is 15.4. The van der Waals surface area contributed by atoms with E-state index in [9.17, 15) is 14.4 Å². The summed E-state index contributed by atoms with van der Waals surface area (Å²) >= 11 is 1.33. The van der Waals surface area contributed by atoms with Crippen molar-refractivity contribution in [3.63, 3.8) is 0 Å². The first-order valence-corrected chi connectivity index (χ1v) is 9.50. The van der Waals surface area contributed by atoms with Crippen LogP contribution in [0.15, 0.2) is 42.5 Å². The number of amides is 2. The zero-order valence-corrected chi connectivity index (χ0v) is 16.3. The fourth-order valence-corrected chi connectivity index (χ4v) is 3.44. The number of thiazole rings is 1. The second-order valence-corrected chi connectivity index (χ2v) is 7.05. The molecule has 0 bridgehead atoms. The highest BCUT2D eigenvalue weighted by molar-refractivity contribution is 7.22. The predicted molar refractivity (Wildman–Crippen MR) is 109 cm³/mol. The molecule has 2 aromatic carbocycles.